The number of aryl methyl sites for hydroxylation is 4. The number of carbonyl (C=O) groups is 1. The molecule has 0 aliphatic carbocycles. The summed E-state index contributed by atoms with van der Waals surface area (Å²) in [6, 6.07) is 19.1. The van der Waals surface area contributed by atoms with Gasteiger partial charge in [-0.2, -0.15) is 5.10 Å². The van der Waals surface area contributed by atoms with Crippen molar-refractivity contribution in [2.45, 2.75) is 34.2 Å². The highest BCUT2D eigenvalue weighted by Crippen LogP contribution is 2.33. The van der Waals surface area contributed by atoms with Crippen molar-refractivity contribution in [3.05, 3.63) is 105 Å². The maximum Gasteiger partial charge on any atom is 0.275 e. The van der Waals surface area contributed by atoms with E-state index in [0.717, 1.165) is 22.4 Å². The van der Waals surface area contributed by atoms with Gasteiger partial charge in [-0.25, -0.2) is 4.98 Å². The predicted molar refractivity (Wildman–Crippen MR) is 150 cm³/mol. The molecule has 0 radical (unpaired) electrons. The molecular formula is C30H27N5O4. The quantitative estimate of drug-likeness (QED) is 0.182. The first kappa shape index (κ1) is 25.6. The average molecular weight is 522 g/mol. The standard InChI is InChI=1S/C30H27N5O4/c1-5-34-17-26(20(4)33-34)28-16-25(24-8-6-7-9-27(24)32-28)30(36)31-21-13-22(35(37)38)15-23(14-21)39-29-12-18(2)10-11-19(29)3/h6-17H,5H2,1-4H3,(H,31,36). The van der Waals surface area contributed by atoms with Crippen molar-refractivity contribution in [1.29, 1.82) is 0 Å². The Kier molecular flexibility index (Phi) is 6.81. The number of benzene rings is 3. The van der Waals surface area contributed by atoms with Gasteiger partial charge in [0, 0.05) is 35.8 Å². The van der Waals surface area contributed by atoms with Gasteiger partial charge < -0.3 is 10.1 Å². The Morgan fingerprint density at radius 3 is 2.59 bits per heavy atom. The molecule has 1 amide bonds. The maximum absolute atomic E-state index is 13.6. The van der Waals surface area contributed by atoms with E-state index in [1.165, 1.54) is 12.1 Å². The summed E-state index contributed by atoms with van der Waals surface area (Å²) in [6.07, 6.45) is 1.91. The van der Waals surface area contributed by atoms with Crippen LogP contribution in [0, 0.1) is 30.9 Å². The number of nitro groups is 1. The van der Waals surface area contributed by atoms with Gasteiger partial charge in [0.05, 0.1) is 39.1 Å². The van der Waals surface area contributed by atoms with E-state index in [9.17, 15) is 14.9 Å². The zero-order chi connectivity index (χ0) is 27.7. The van der Waals surface area contributed by atoms with E-state index in [-0.39, 0.29) is 17.1 Å². The smallest absolute Gasteiger partial charge is 0.275 e. The lowest BCUT2D eigenvalue weighted by molar-refractivity contribution is -0.384. The van der Waals surface area contributed by atoms with Crippen molar-refractivity contribution in [3.8, 4) is 22.8 Å². The number of hydrogen-bond acceptors (Lipinski definition) is 6. The molecule has 2 aromatic heterocycles. The monoisotopic (exact) mass is 521 g/mol. The molecule has 0 saturated heterocycles. The van der Waals surface area contributed by atoms with Crippen molar-refractivity contribution < 1.29 is 14.5 Å². The number of amides is 1. The molecule has 0 saturated carbocycles. The fourth-order valence-electron chi connectivity index (χ4n) is 4.40. The van der Waals surface area contributed by atoms with Gasteiger partial charge in [-0.15, -0.1) is 0 Å². The van der Waals surface area contributed by atoms with Crippen LogP contribution < -0.4 is 10.1 Å². The third kappa shape index (κ3) is 5.33. The van der Waals surface area contributed by atoms with E-state index in [1.807, 2.05) is 81.0 Å². The minimum atomic E-state index is -0.514. The van der Waals surface area contributed by atoms with Crippen molar-refractivity contribution in [1.82, 2.24) is 14.8 Å². The molecule has 0 aliphatic rings. The van der Waals surface area contributed by atoms with E-state index >= 15 is 0 Å². The molecule has 5 aromatic rings. The van der Waals surface area contributed by atoms with Crippen LogP contribution in [-0.4, -0.2) is 25.6 Å². The molecule has 1 N–H and O–H groups in total. The number of non-ortho nitro benzene ring substituents is 1. The van der Waals surface area contributed by atoms with Gasteiger partial charge in [0.1, 0.15) is 11.5 Å². The largest absolute Gasteiger partial charge is 0.457 e. The van der Waals surface area contributed by atoms with Crippen LogP contribution >= 0.6 is 0 Å². The van der Waals surface area contributed by atoms with Gasteiger partial charge in [-0.1, -0.05) is 30.3 Å². The molecule has 9 heteroatoms. The van der Waals surface area contributed by atoms with Gasteiger partial charge >= 0.3 is 0 Å². The maximum atomic E-state index is 13.6. The normalized spacial score (nSPS) is 11.0. The number of fused-ring (bicyclic) bond motifs is 1. The van der Waals surface area contributed by atoms with Crippen molar-refractivity contribution in [3.63, 3.8) is 0 Å². The Hall–Kier alpha value is -5.05. The van der Waals surface area contributed by atoms with Gasteiger partial charge in [0.2, 0.25) is 0 Å². The van der Waals surface area contributed by atoms with E-state index in [0.29, 0.717) is 34.5 Å². The molecule has 39 heavy (non-hydrogen) atoms. The summed E-state index contributed by atoms with van der Waals surface area (Å²) in [7, 11) is 0. The Balaban J connectivity index is 1.54. The second-order valence-electron chi connectivity index (χ2n) is 9.35. The highest BCUT2D eigenvalue weighted by Gasteiger charge is 2.19. The van der Waals surface area contributed by atoms with E-state index in [1.54, 1.807) is 12.1 Å². The first-order valence-corrected chi connectivity index (χ1v) is 12.5. The third-order valence-corrected chi connectivity index (χ3v) is 6.44. The SMILES string of the molecule is CCn1cc(-c2cc(C(=O)Nc3cc(Oc4cc(C)ccc4C)cc([N+](=O)[O-])c3)c3ccccc3n2)c(C)n1. The zero-order valence-corrected chi connectivity index (χ0v) is 22.1. The van der Waals surface area contributed by atoms with Gasteiger partial charge in [0.15, 0.2) is 0 Å². The number of nitrogens with one attached hydrogen (secondary N) is 1. The topological polar surface area (TPSA) is 112 Å². The molecule has 0 spiro atoms. The highest BCUT2D eigenvalue weighted by atomic mass is 16.6. The number of para-hydroxylation sites is 1. The van der Waals surface area contributed by atoms with Crippen LogP contribution in [0.2, 0.25) is 0 Å². The molecule has 2 heterocycles. The van der Waals surface area contributed by atoms with Crippen molar-refractivity contribution in [2.75, 3.05) is 5.32 Å². The Morgan fingerprint density at radius 2 is 1.85 bits per heavy atom. The minimum absolute atomic E-state index is 0.198. The second-order valence-corrected chi connectivity index (χ2v) is 9.35. The number of nitro benzene ring substituents is 1. The molecule has 0 unspecified atom stereocenters. The summed E-state index contributed by atoms with van der Waals surface area (Å²) in [4.78, 5) is 29.6. The molecular weight excluding hydrogens is 494 g/mol. The van der Waals surface area contributed by atoms with Crippen molar-refractivity contribution in [2.24, 2.45) is 0 Å². The molecule has 0 aliphatic heterocycles. The molecule has 196 valence electrons. The molecule has 0 atom stereocenters. The summed E-state index contributed by atoms with van der Waals surface area (Å²) in [5.74, 6) is 0.408. The summed E-state index contributed by atoms with van der Waals surface area (Å²) in [6.45, 7) is 8.44. The van der Waals surface area contributed by atoms with Gasteiger partial charge in [0.25, 0.3) is 11.6 Å². The van der Waals surface area contributed by atoms with Crippen molar-refractivity contribution >= 4 is 28.2 Å². The first-order valence-electron chi connectivity index (χ1n) is 12.5. The summed E-state index contributed by atoms with van der Waals surface area (Å²) >= 11 is 0. The Labute approximate surface area is 225 Å². The molecule has 0 fully saturated rings. The van der Waals surface area contributed by atoms with Crippen LogP contribution in [0.5, 0.6) is 11.5 Å². The van der Waals surface area contributed by atoms with E-state index < -0.39 is 10.8 Å². The summed E-state index contributed by atoms with van der Waals surface area (Å²) < 4.78 is 7.83. The molecule has 5 rings (SSSR count). The van der Waals surface area contributed by atoms with Gasteiger partial charge in [-0.3, -0.25) is 19.6 Å². The predicted octanol–water partition coefficient (Wildman–Crippen LogP) is 7.00. The number of ether oxygens (including phenoxy) is 1. The Bertz CT molecular complexity index is 1740. The fraction of sp³-hybridized carbons (Fsp3) is 0.167. The summed E-state index contributed by atoms with van der Waals surface area (Å²) in [5.41, 5.74) is 5.22. The van der Waals surface area contributed by atoms with Crippen LogP contribution in [0.1, 0.15) is 34.1 Å². The van der Waals surface area contributed by atoms with Crippen LogP contribution in [0.4, 0.5) is 11.4 Å². The number of carbonyl (C=O) groups excluding carboxylic acids is 1. The number of rotatable bonds is 7. The number of anilines is 1. The third-order valence-electron chi connectivity index (χ3n) is 6.44. The average Bonchev–Trinajstić information content (AvgIpc) is 3.30. The molecule has 0 bridgehead atoms. The first-order chi connectivity index (χ1) is 18.7. The van der Waals surface area contributed by atoms with Gasteiger partial charge in [-0.05, 0) is 57.0 Å². The molecule has 9 nitrogen and oxygen atoms in total. The van der Waals surface area contributed by atoms with Crippen LogP contribution in [0.15, 0.2) is 72.9 Å². The van der Waals surface area contributed by atoms with Crippen LogP contribution in [-0.2, 0) is 6.54 Å². The zero-order valence-electron chi connectivity index (χ0n) is 22.1. The van der Waals surface area contributed by atoms with E-state index in [4.69, 9.17) is 9.72 Å². The lowest BCUT2D eigenvalue weighted by Gasteiger charge is -2.13. The lowest BCUT2D eigenvalue weighted by atomic mass is 10.0. The Morgan fingerprint density at radius 1 is 1.05 bits per heavy atom. The highest BCUT2D eigenvalue weighted by molar-refractivity contribution is 6.13. The number of nitrogens with zero attached hydrogens (tertiary/aromatic N) is 4. The number of hydrogen-bond donors (Lipinski definition) is 1. The lowest BCUT2D eigenvalue weighted by Crippen LogP contribution is -2.13. The number of aromatic nitrogens is 3. The fourth-order valence-corrected chi connectivity index (χ4v) is 4.40. The van der Waals surface area contributed by atoms with Crippen LogP contribution in [0.25, 0.3) is 22.2 Å². The molecule has 3 aromatic carbocycles. The van der Waals surface area contributed by atoms with E-state index in [2.05, 4.69) is 10.4 Å². The second kappa shape index (κ2) is 10.4. The number of pyridine rings is 1. The minimum Gasteiger partial charge on any atom is -0.457 e. The van der Waals surface area contributed by atoms with Crippen LogP contribution in [0.3, 0.4) is 0 Å². The summed E-state index contributed by atoms with van der Waals surface area (Å²) in [5, 5.41) is 19.7.